The van der Waals surface area contributed by atoms with Crippen LogP contribution in [0.5, 0.6) is 5.75 Å². The van der Waals surface area contributed by atoms with Crippen LogP contribution in [0.25, 0.3) is 0 Å². The summed E-state index contributed by atoms with van der Waals surface area (Å²) in [7, 11) is 1.58. The van der Waals surface area contributed by atoms with Crippen molar-refractivity contribution in [1.82, 2.24) is 0 Å². The summed E-state index contributed by atoms with van der Waals surface area (Å²) in [4.78, 5) is 10.3. The summed E-state index contributed by atoms with van der Waals surface area (Å²) >= 11 is 0. The number of carbonyl (C=O) groups is 1. The highest BCUT2D eigenvalue weighted by Crippen LogP contribution is 2.21. The molecule has 13 heavy (non-hydrogen) atoms. The highest BCUT2D eigenvalue weighted by atomic mass is 16.5. The molecule has 0 aliphatic carbocycles. The van der Waals surface area contributed by atoms with Crippen LogP contribution in [0.1, 0.15) is 11.1 Å². The average molecular weight is 180 g/mol. The Balaban J connectivity index is 3.01. The van der Waals surface area contributed by atoms with Crippen molar-refractivity contribution in [2.75, 3.05) is 7.11 Å². The van der Waals surface area contributed by atoms with Crippen LogP contribution in [0, 0.1) is 0 Å². The van der Waals surface area contributed by atoms with Gasteiger partial charge in [-0.25, -0.2) is 0 Å². The van der Waals surface area contributed by atoms with E-state index in [9.17, 15) is 9.90 Å². The van der Waals surface area contributed by atoms with E-state index in [-0.39, 0.29) is 12.2 Å². The number of hydrogen-bond acceptors (Lipinski definition) is 3. The number of aromatic hydroxyl groups is 1. The van der Waals surface area contributed by atoms with Gasteiger partial charge in [-0.15, -0.1) is 0 Å². The third kappa shape index (κ3) is 2.29. The van der Waals surface area contributed by atoms with Crippen molar-refractivity contribution in [3.8, 4) is 5.75 Å². The lowest BCUT2D eigenvalue weighted by Crippen LogP contribution is -1.97. The van der Waals surface area contributed by atoms with E-state index in [1.807, 2.05) is 6.07 Å². The van der Waals surface area contributed by atoms with Crippen molar-refractivity contribution in [2.45, 2.75) is 13.0 Å². The molecule has 0 bridgehead atoms. The van der Waals surface area contributed by atoms with Gasteiger partial charge >= 0.3 is 0 Å². The van der Waals surface area contributed by atoms with Gasteiger partial charge in [-0.2, -0.15) is 0 Å². The van der Waals surface area contributed by atoms with E-state index in [1.165, 1.54) is 0 Å². The summed E-state index contributed by atoms with van der Waals surface area (Å²) in [6.07, 6.45) is 1.000. The molecular formula is C10H12O3. The monoisotopic (exact) mass is 180 g/mol. The Morgan fingerprint density at radius 1 is 1.54 bits per heavy atom. The number of rotatable bonds is 4. The Bertz CT molecular complexity index is 294. The Morgan fingerprint density at radius 2 is 2.31 bits per heavy atom. The van der Waals surface area contributed by atoms with E-state index in [0.29, 0.717) is 12.2 Å². The van der Waals surface area contributed by atoms with Gasteiger partial charge in [0.25, 0.3) is 0 Å². The molecule has 0 heterocycles. The van der Waals surface area contributed by atoms with E-state index < -0.39 is 0 Å². The molecule has 0 saturated carbocycles. The first-order chi connectivity index (χ1) is 6.29. The van der Waals surface area contributed by atoms with E-state index >= 15 is 0 Å². The molecule has 0 spiro atoms. The number of phenols is 1. The molecule has 3 heteroatoms. The van der Waals surface area contributed by atoms with Crippen LogP contribution in [-0.4, -0.2) is 18.5 Å². The highest BCUT2D eigenvalue weighted by molar-refractivity contribution is 5.59. The molecule has 0 atom stereocenters. The van der Waals surface area contributed by atoms with Crippen molar-refractivity contribution < 1.29 is 14.6 Å². The Morgan fingerprint density at radius 3 is 2.92 bits per heavy atom. The number of carbonyl (C=O) groups excluding carboxylic acids is 1. The molecule has 1 aromatic rings. The minimum atomic E-state index is 0.154. The highest BCUT2D eigenvalue weighted by Gasteiger charge is 2.05. The maximum absolute atomic E-state index is 10.3. The number of ether oxygens (including phenoxy) is 1. The van der Waals surface area contributed by atoms with E-state index in [2.05, 4.69) is 0 Å². The summed E-state index contributed by atoms with van der Waals surface area (Å²) in [6, 6.07) is 5.14. The van der Waals surface area contributed by atoms with Gasteiger partial charge in [0.05, 0.1) is 6.61 Å². The van der Waals surface area contributed by atoms with Crippen LogP contribution >= 0.6 is 0 Å². The molecule has 1 N–H and O–H groups in total. The van der Waals surface area contributed by atoms with Gasteiger partial charge in [0.2, 0.25) is 0 Å². The number of phenolic OH excluding ortho intramolecular Hbond substituents is 1. The molecule has 0 saturated heterocycles. The predicted octanol–water partition coefficient (Wildman–Crippen LogP) is 1.28. The number of aldehydes is 1. The lowest BCUT2D eigenvalue weighted by molar-refractivity contribution is -0.107. The molecule has 0 aliphatic heterocycles. The van der Waals surface area contributed by atoms with Crippen LogP contribution < -0.4 is 0 Å². The van der Waals surface area contributed by atoms with Gasteiger partial charge < -0.3 is 14.6 Å². The van der Waals surface area contributed by atoms with Gasteiger partial charge in [0.1, 0.15) is 12.0 Å². The molecule has 0 aromatic heterocycles. The van der Waals surface area contributed by atoms with Crippen LogP contribution in [0.4, 0.5) is 0 Å². The topological polar surface area (TPSA) is 46.5 Å². The molecule has 0 radical (unpaired) electrons. The molecule has 0 aliphatic rings. The lowest BCUT2D eigenvalue weighted by atomic mass is 10.0. The first kappa shape index (κ1) is 9.74. The van der Waals surface area contributed by atoms with E-state index in [0.717, 1.165) is 11.8 Å². The fourth-order valence-corrected chi connectivity index (χ4v) is 1.23. The SMILES string of the molecule is COCc1cccc(O)c1CC=O. The first-order valence-electron chi connectivity index (χ1n) is 4.02. The second-order valence-corrected chi connectivity index (χ2v) is 2.72. The maximum atomic E-state index is 10.3. The fraction of sp³-hybridized carbons (Fsp3) is 0.300. The van der Waals surface area contributed by atoms with Gasteiger partial charge in [0.15, 0.2) is 0 Å². The molecule has 1 aromatic carbocycles. The molecule has 1 rings (SSSR count). The average Bonchev–Trinajstić information content (AvgIpc) is 2.11. The fourth-order valence-electron chi connectivity index (χ4n) is 1.23. The smallest absolute Gasteiger partial charge is 0.124 e. The van der Waals surface area contributed by atoms with Crippen LogP contribution in [-0.2, 0) is 22.6 Å². The Labute approximate surface area is 77.0 Å². The molecule has 0 fully saturated rings. The molecule has 3 nitrogen and oxygen atoms in total. The van der Waals surface area contributed by atoms with Crippen molar-refractivity contribution >= 4 is 6.29 Å². The normalized spacial score (nSPS) is 9.92. The van der Waals surface area contributed by atoms with Crippen LogP contribution in [0.3, 0.4) is 0 Å². The Kier molecular flexibility index (Phi) is 3.46. The molecule has 0 unspecified atom stereocenters. The van der Waals surface area contributed by atoms with E-state index in [1.54, 1.807) is 19.2 Å². The predicted molar refractivity (Wildman–Crippen MR) is 48.6 cm³/mol. The quantitative estimate of drug-likeness (QED) is 0.710. The largest absolute Gasteiger partial charge is 0.508 e. The van der Waals surface area contributed by atoms with Crippen molar-refractivity contribution in [3.05, 3.63) is 29.3 Å². The summed E-state index contributed by atoms with van der Waals surface area (Å²) in [5.41, 5.74) is 1.51. The summed E-state index contributed by atoms with van der Waals surface area (Å²) < 4.78 is 4.94. The molecular weight excluding hydrogens is 168 g/mol. The van der Waals surface area contributed by atoms with Gasteiger partial charge in [-0.05, 0) is 11.6 Å². The second-order valence-electron chi connectivity index (χ2n) is 2.72. The zero-order valence-electron chi connectivity index (χ0n) is 7.49. The minimum Gasteiger partial charge on any atom is -0.508 e. The lowest BCUT2D eigenvalue weighted by Gasteiger charge is -2.07. The minimum absolute atomic E-state index is 0.154. The van der Waals surface area contributed by atoms with Crippen molar-refractivity contribution in [3.63, 3.8) is 0 Å². The first-order valence-corrected chi connectivity index (χ1v) is 4.02. The second kappa shape index (κ2) is 4.62. The number of methoxy groups -OCH3 is 1. The van der Waals surface area contributed by atoms with Gasteiger partial charge in [-0.1, -0.05) is 12.1 Å². The van der Waals surface area contributed by atoms with Crippen LogP contribution in [0.15, 0.2) is 18.2 Å². The number of hydrogen-bond donors (Lipinski definition) is 1. The maximum Gasteiger partial charge on any atom is 0.124 e. The van der Waals surface area contributed by atoms with Crippen molar-refractivity contribution in [1.29, 1.82) is 0 Å². The van der Waals surface area contributed by atoms with Crippen molar-refractivity contribution in [2.24, 2.45) is 0 Å². The van der Waals surface area contributed by atoms with E-state index in [4.69, 9.17) is 4.74 Å². The van der Waals surface area contributed by atoms with Crippen LogP contribution in [0.2, 0.25) is 0 Å². The number of benzene rings is 1. The van der Waals surface area contributed by atoms with Gasteiger partial charge in [0, 0.05) is 19.1 Å². The third-order valence-electron chi connectivity index (χ3n) is 1.84. The zero-order chi connectivity index (χ0) is 9.68. The Hall–Kier alpha value is -1.35. The summed E-state index contributed by atoms with van der Waals surface area (Å²) in [6.45, 7) is 0.414. The third-order valence-corrected chi connectivity index (χ3v) is 1.84. The zero-order valence-corrected chi connectivity index (χ0v) is 7.49. The standard InChI is InChI=1S/C10H12O3/c1-13-7-8-3-2-4-10(12)9(8)5-6-11/h2-4,6,12H,5,7H2,1H3. The summed E-state index contributed by atoms with van der Waals surface area (Å²) in [5, 5.41) is 9.43. The molecule has 70 valence electrons. The molecule has 0 amide bonds. The van der Waals surface area contributed by atoms with Gasteiger partial charge in [-0.3, -0.25) is 0 Å². The summed E-state index contributed by atoms with van der Waals surface area (Å²) in [5.74, 6) is 0.154.